The number of anilines is 1. The van der Waals surface area contributed by atoms with E-state index >= 15 is 0 Å². The van der Waals surface area contributed by atoms with Gasteiger partial charge in [-0.15, -0.1) is 0 Å². The first kappa shape index (κ1) is 11.8. The summed E-state index contributed by atoms with van der Waals surface area (Å²) in [5.41, 5.74) is 6.28. The van der Waals surface area contributed by atoms with Gasteiger partial charge < -0.3 is 11.1 Å². The third-order valence-corrected chi connectivity index (χ3v) is 1.79. The van der Waals surface area contributed by atoms with Crippen LogP contribution in [0.1, 0.15) is 12.5 Å². The largest absolute Gasteiger partial charge is 0.351 e. The molecule has 1 aromatic rings. The van der Waals surface area contributed by atoms with E-state index in [2.05, 4.69) is 5.32 Å². The predicted octanol–water partition coefficient (Wildman–Crippen LogP) is 1.92. The summed E-state index contributed by atoms with van der Waals surface area (Å²) in [5, 5.41) is 4.45. The number of carbonyl (C=O) groups is 2. The summed E-state index contributed by atoms with van der Waals surface area (Å²) in [4.78, 5) is 21.7. The Morgan fingerprint density at radius 3 is 2.62 bits per heavy atom. The van der Waals surface area contributed by atoms with Crippen molar-refractivity contribution in [2.75, 3.05) is 5.32 Å². The van der Waals surface area contributed by atoms with E-state index in [-0.39, 0.29) is 0 Å². The molecule has 84 valence electrons. The van der Waals surface area contributed by atoms with Crippen molar-refractivity contribution in [2.24, 2.45) is 5.73 Å². The van der Waals surface area contributed by atoms with Crippen LogP contribution >= 0.6 is 0 Å². The SMILES string of the molecule is C/C=C/c1ccccc1NC(=O)NC(N)=O. The van der Waals surface area contributed by atoms with Crippen molar-refractivity contribution < 1.29 is 9.59 Å². The molecule has 0 bridgehead atoms. The Bertz CT molecular complexity index is 427. The molecular weight excluding hydrogens is 206 g/mol. The fraction of sp³-hybridized carbons (Fsp3) is 0.0909. The van der Waals surface area contributed by atoms with E-state index in [4.69, 9.17) is 5.73 Å². The van der Waals surface area contributed by atoms with E-state index in [1.165, 1.54) is 0 Å². The lowest BCUT2D eigenvalue weighted by Gasteiger charge is -2.07. The lowest BCUT2D eigenvalue weighted by Crippen LogP contribution is -2.38. The number of nitrogens with two attached hydrogens (primary N) is 1. The van der Waals surface area contributed by atoms with E-state index in [1.807, 2.05) is 36.5 Å². The zero-order chi connectivity index (χ0) is 12.0. The van der Waals surface area contributed by atoms with Crippen molar-refractivity contribution >= 4 is 23.8 Å². The zero-order valence-corrected chi connectivity index (χ0v) is 8.86. The van der Waals surface area contributed by atoms with Crippen LogP contribution in [0, 0.1) is 0 Å². The minimum atomic E-state index is -0.888. The van der Waals surface area contributed by atoms with Crippen LogP contribution in [-0.4, -0.2) is 12.1 Å². The molecule has 1 aromatic carbocycles. The van der Waals surface area contributed by atoms with Crippen molar-refractivity contribution in [2.45, 2.75) is 6.92 Å². The van der Waals surface area contributed by atoms with Crippen molar-refractivity contribution in [3.63, 3.8) is 0 Å². The Balaban J connectivity index is 2.80. The van der Waals surface area contributed by atoms with Gasteiger partial charge in [0.2, 0.25) is 0 Å². The first-order valence-electron chi connectivity index (χ1n) is 4.72. The number of imide groups is 1. The van der Waals surface area contributed by atoms with Crippen LogP contribution < -0.4 is 16.4 Å². The quantitative estimate of drug-likeness (QED) is 0.709. The molecule has 0 aliphatic heterocycles. The number of nitrogens with one attached hydrogen (secondary N) is 2. The fourth-order valence-electron chi connectivity index (χ4n) is 1.20. The number of carbonyl (C=O) groups excluding carboxylic acids is 2. The van der Waals surface area contributed by atoms with Gasteiger partial charge in [0.15, 0.2) is 0 Å². The molecule has 0 atom stereocenters. The second-order valence-corrected chi connectivity index (χ2v) is 3.03. The van der Waals surface area contributed by atoms with Crippen molar-refractivity contribution in [3.05, 3.63) is 35.9 Å². The van der Waals surface area contributed by atoms with Crippen LogP contribution in [0.15, 0.2) is 30.3 Å². The normalized spacial score (nSPS) is 10.1. The van der Waals surface area contributed by atoms with Crippen LogP contribution in [0.25, 0.3) is 6.08 Å². The third kappa shape index (κ3) is 3.45. The molecule has 0 aliphatic carbocycles. The van der Waals surface area contributed by atoms with Gasteiger partial charge in [0.1, 0.15) is 0 Å². The van der Waals surface area contributed by atoms with Crippen LogP contribution in [0.3, 0.4) is 0 Å². The molecule has 1 rings (SSSR count). The van der Waals surface area contributed by atoms with E-state index in [9.17, 15) is 9.59 Å². The Hall–Kier alpha value is -2.30. The molecule has 16 heavy (non-hydrogen) atoms. The highest BCUT2D eigenvalue weighted by atomic mass is 16.2. The lowest BCUT2D eigenvalue weighted by atomic mass is 10.1. The summed E-state index contributed by atoms with van der Waals surface area (Å²) < 4.78 is 0. The van der Waals surface area contributed by atoms with Gasteiger partial charge in [0.25, 0.3) is 0 Å². The maximum Gasteiger partial charge on any atom is 0.327 e. The van der Waals surface area contributed by atoms with Crippen molar-refractivity contribution in [1.82, 2.24) is 5.32 Å². The molecule has 5 nitrogen and oxygen atoms in total. The van der Waals surface area contributed by atoms with E-state index in [0.717, 1.165) is 5.56 Å². The van der Waals surface area contributed by atoms with E-state index in [0.29, 0.717) is 5.69 Å². The molecule has 0 fully saturated rings. The highest BCUT2D eigenvalue weighted by Gasteiger charge is 2.05. The van der Waals surface area contributed by atoms with E-state index < -0.39 is 12.1 Å². The molecule has 4 N–H and O–H groups in total. The predicted molar refractivity (Wildman–Crippen MR) is 62.9 cm³/mol. The van der Waals surface area contributed by atoms with Gasteiger partial charge in [-0.3, -0.25) is 5.32 Å². The number of benzene rings is 1. The highest BCUT2D eigenvalue weighted by Crippen LogP contribution is 2.16. The average Bonchev–Trinajstić information content (AvgIpc) is 2.20. The lowest BCUT2D eigenvalue weighted by molar-refractivity contribution is 0.238. The van der Waals surface area contributed by atoms with Crippen LogP contribution in [0.2, 0.25) is 0 Å². The number of primary amides is 1. The number of rotatable bonds is 2. The zero-order valence-electron chi connectivity index (χ0n) is 8.86. The Morgan fingerprint density at radius 2 is 2.00 bits per heavy atom. The topological polar surface area (TPSA) is 84.2 Å². The van der Waals surface area contributed by atoms with E-state index in [1.54, 1.807) is 12.1 Å². The van der Waals surface area contributed by atoms with Gasteiger partial charge >= 0.3 is 12.1 Å². The molecule has 4 amide bonds. The molecule has 0 heterocycles. The average molecular weight is 219 g/mol. The minimum absolute atomic E-state index is 0.611. The second-order valence-electron chi connectivity index (χ2n) is 3.03. The van der Waals surface area contributed by atoms with Gasteiger partial charge in [0, 0.05) is 5.69 Å². The summed E-state index contributed by atoms with van der Waals surface area (Å²) in [6.07, 6.45) is 3.70. The molecular formula is C11H13N3O2. The third-order valence-electron chi connectivity index (χ3n) is 1.79. The first-order valence-corrected chi connectivity index (χ1v) is 4.72. The minimum Gasteiger partial charge on any atom is -0.351 e. The van der Waals surface area contributed by atoms with Gasteiger partial charge in [-0.25, -0.2) is 9.59 Å². The first-order chi connectivity index (χ1) is 7.63. The van der Waals surface area contributed by atoms with Crippen LogP contribution in [0.5, 0.6) is 0 Å². The van der Waals surface area contributed by atoms with Crippen molar-refractivity contribution in [3.8, 4) is 0 Å². The maximum atomic E-state index is 11.2. The van der Waals surface area contributed by atoms with Crippen LogP contribution in [0.4, 0.5) is 15.3 Å². The van der Waals surface area contributed by atoms with Gasteiger partial charge in [-0.05, 0) is 18.6 Å². The Kier molecular flexibility index (Phi) is 4.08. The number of amides is 4. The molecule has 0 radical (unpaired) electrons. The molecule has 0 saturated heterocycles. The Labute approximate surface area is 93.3 Å². The molecule has 0 aliphatic rings. The van der Waals surface area contributed by atoms with Gasteiger partial charge in [0.05, 0.1) is 0 Å². The number of allylic oxidation sites excluding steroid dienone is 1. The second kappa shape index (κ2) is 5.55. The Morgan fingerprint density at radius 1 is 1.31 bits per heavy atom. The smallest absolute Gasteiger partial charge is 0.327 e. The fourth-order valence-corrected chi connectivity index (χ4v) is 1.20. The molecule has 5 heteroatoms. The number of hydrogen-bond acceptors (Lipinski definition) is 2. The molecule has 0 aromatic heterocycles. The van der Waals surface area contributed by atoms with Crippen molar-refractivity contribution in [1.29, 1.82) is 0 Å². The van der Waals surface area contributed by atoms with Gasteiger partial charge in [-0.2, -0.15) is 0 Å². The van der Waals surface area contributed by atoms with Gasteiger partial charge in [-0.1, -0.05) is 30.4 Å². The number of urea groups is 2. The summed E-state index contributed by atoms with van der Waals surface area (Å²) >= 11 is 0. The summed E-state index contributed by atoms with van der Waals surface area (Å²) in [7, 11) is 0. The standard InChI is InChI=1S/C11H13N3O2/c1-2-5-8-6-3-4-7-9(8)13-11(16)14-10(12)15/h2-7H,1H3,(H4,12,13,14,15,16)/b5-2+. The molecule has 0 saturated carbocycles. The summed E-state index contributed by atoms with van der Waals surface area (Å²) in [6.45, 7) is 1.88. The maximum absolute atomic E-state index is 11.2. The van der Waals surface area contributed by atoms with Crippen LogP contribution in [-0.2, 0) is 0 Å². The monoisotopic (exact) mass is 219 g/mol. The number of para-hydroxylation sites is 1. The summed E-state index contributed by atoms with van der Waals surface area (Å²) in [5.74, 6) is 0. The molecule has 0 spiro atoms. The summed E-state index contributed by atoms with van der Waals surface area (Å²) in [6, 6.07) is 5.68. The molecule has 0 unspecified atom stereocenters. The number of hydrogen-bond donors (Lipinski definition) is 3. The highest BCUT2D eigenvalue weighted by molar-refractivity contribution is 6.01.